The number of nitro groups is 1. The molecule has 1 unspecified atom stereocenters. The van der Waals surface area contributed by atoms with Crippen LogP contribution in [0.1, 0.15) is 6.92 Å². The Bertz CT molecular complexity index is 401. The van der Waals surface area contributed by atoms with Gasteiger partial charge in [-0.05, 0) is 24.0 Å². The second-order valence-corrected chi connectivity index (χ2v) is 5.15. The van der Waals surface area contributed by atoms with E-state index in [2.05, 4.69) is 12.2 Å². The predicted molar refractivity (Wildman–Crippen MR) is 74.1 cm³/mol. The molecular weight excluding hydrogens is 260 g/mol. The van der Waals surface area contributed by atoms with Crippen molar-refractivity contribution in [2.45, 2.75) is 6.92 Å². The first-order valence-corrected chi connectivity index (χ1v) is 6.99. The summed E-state index contributed by atoms with van der Waals surface area (Å²) < 4.78 is 0. The van der Waals surface area contributed by atoms with Crippen molar-refractivity contribution < 1.29 is 4.92 Å². The van der Waals surface area contributed by atoms with Crippen LogP contribution in [0.2, 0.25) is 5.02 Å². The number of nitro benzene ring substituents is 1. The smallest absolute Gasteiger partial charge is 0.293 e. The number of nitrogens with zero attached hydrogens (tertiary/aromatic N) is 1. The highest BCUT2D eigenvalue weighted by atomic mass is 35.5. The fraction of sp³-hybridized carbons (Fsp3) is 0.455. The van der Waals surface area contributed by atoms with Crippen molar-refractivity contribution in [1.82, 2.24) is 0 Å². The van der Waals surface area contributed by atoms with Crippen LogP contribution in [0, 0.1) is 16.0 Å². The Kier molecular flexibility index (Phi) is 5.58. The third kappa shape index (κ3) is 4.09. The van der Waals surface area contributed by atoms with Gasteiger partial charge in [-0.3, -0.25) is 10.1 Å². The molecule has 0 bridgehead atoms. The van der Waals surface area contributed by atoms with E-state index < -0.39 is 4.92 Å². The maximum atomic E-state index is 10.8. The van der Waals surface area contributed by atoms with E-state index in [9.17, 15) is 10.1 Å². The molecule has 0 aliphatic heterocycles. The SMILES string of the molecule is CSCC(C)CNc1c(Cl)cccc1[N+](=O)[O-]. The Balaban J connectivity index is 2.79. The predicted octanol–water partition coefficient (Wildman–Crippen LogP) is 3.66. The van der Waals surface area contributed by atoms with Gasteiger partial charge in [-0.25, -0.2) is 0 Å². The van der Waals surface area contributed by atoms with E-state index in [4.69, 9.17) is 11.6 Å². The molecule has 0 aliphatic rings. The third-order valence-electron chi connectivity index (χ3n) is 2.27. The number of rotatable bonds is 6. The largest absolute Gasteiger partial charge is 0.378 e. The van der Waals surface area contributed by atoms with Crippen molar-refractivity contribution in [2.24, 2.45) is 5.92 Å². The first kappa shape index (κ1) is 14.1. The summed E-state index contributed by atoms with van der Waals surface area (Å²) in [6.07, 6.45) is 2.04. The normalized spacial score (nSPS) is 12.2. The molecule has 94 valence electrons. The fourth-order valence-corrected chi connectivity index (χ4v) is 2.38. The van der Waals surface area contributed by atoms with Crippen LogP contribution in [0.15, 0.2) is 18.2 Å². The third-order valence-corrected chi connectivity index (χ3v) is 3.48. The van der Waals surface area contributed by atoms with Crippen molar-refractivity contribution in [3.63, 3.8) is 0 Å². The summed E-state index contributed by atoms with van der Waals surface area (Å²) in [7, 11) is 0. The molecule has 4 nitrogen and oxygen atoms in total. The molecule has 6 heteroatoms. The van der Waals surface area contributed by atoms with Crippen LogP contribution in [-0.2, 0) is 0 Å². The highest BCUT2D eigenvalue weighted by Crippen LogP contribution is 2.31. The van der Waals surface area contributed by atoms with Gasteiger partial charge in [-0.15, -0.1) is 0 Å². The zero-order valence-corrected chi connectivity index (χ0v) is 11.3. The van der Waals surface area contributed by atoms with Gasteiger partial charge in [0.05, 0.1) is 9.95 Å². The molecule has 17 heavy (non-hydrogen) atoms. The number of thioether (sulfide) groups is 1. The van der Waals surface area contributed by atoms with E-state index in [1.807, 2.05) is 6.26 Å². The lowest BCUT2D eigenvalue weighted by atomic mass is 10.2. The molecule has 1 atom stereocenters. The van der Waals surface area contributed by atoms with Crippen LogP contribution in [-0.4, -0.2) is 23.5 Å². The summed E-state index contributed by atoms with van der Waals surface area (Å²) in [5.41, 5.74) is 0.431. The molecule has 1 N–H and O–H groups in total. The van der Waals surface area contributed by atoms with E-state index in [0.717, 1.165) is 5.75 Å². The molecule has 0 radical (unpaired) electrons. The van der Waals surface area contributed by atoms with E-state index in [0.29, 0.717) is 23.2 Å². The van der Waals surface area contributed by atoms with Gasteiger partial charge in [0.2, 0.25) is 0 Å². The molecule has 0 aliphatic carbocycles. The van der Waals surface area contributed by atoms with Crippen molar-refractivity contribution in [3.05, 3.63) is 33.3 Å². The summed E-state index contributed by atoms with van der Waals surface area (Å²) in [6.45, 7) is 2.76. The summed E-state index contributed by atoms with van der Waals surface area (Å²) in [4.78, 5) is 10.4. The zero-order chi connectivity index (χ0) is 12.8. The monoisotopic (exact) mass is 274 g/mol. The van der Waals surface area contributed by atoms with Crippen molar-refractivity contribution in [1.29, 1.82) is 0 Å². The molecule has 0 fully saturated rings. The molecule has 0 aromatic heterocycles. The van der Waals surface area contributed by atoms with Crippen LogP contribution in [0.3, 0.4) is 0 Å². The molecule has 0 saturated carbocycles. The second-order valence-electron chi connectivity index (χ2n) is 3.83. The van der Waals surface area contributed by atoms with Gasteiger partial charge in [-0.1, -0.05) is 24.6 Å². The van der Waals surface area contributed by atoms with Crippen molar-refractivity contribution in [3.8, 4) is 0 Å². The van der Waals surface area contributed by atoms with Gasteiger partial charge in [0.15, 0.2) is 0 Å². The Morgan fingerprint density at radius 2 is 2.29 bits per heavy atom. The van der Waals surface area contributed by atoms with Crippen LogP contribution in [0.25, 0.3) is 0 Å². The zero-order valence-electron chi connectivity index (χ0n) is 9.77. The maximum Gasteiger partial charge on any atom is 0.293 e. The Labute approximate surface area is 110 Å². The molecule has 1 rings (SSSR count). The Morgan fingerprint density at radius 1 is 1.59 bits per heavy atom. The number of halogens is 1. The minimum atomic E-state index is -0.423. The van der Waals surface area contributed by atoms with E-state index in [1.54, 1.807) is 23.9 Å². The Hall–Kier alpha value is -0.940. The van der Waals surface area contributed by atoms with Crippen molar-refractivity contribution >= 4 is 34.7 Å². The minimum absolute atomic E-state index is 0.0221. The summed E-state index contributed by atoms with van der Waals surface area (Å²) in [6, 6.07) is 4.68. The quantitative estimate of drug-likeness (QED) is 0.635. The molecule has 0 heterocycles. The second kappa shape index (κ2) is 6.71. The molecular formula is C11H15ClN2O2S. The highest BCUT2D eigenvalue weighted by molar-refractivity contribution is 7.98. The van der Waals surface area contributed by atoms with Gasteiger partial charge < -0.3 is 5.32 Å². The van der Waals surface area contributed by atoms with E-state index >= 15 is 0 Å². The number of hydrogen-bond acceptors (Lipinski definition) is 4. The summed E-state index contributed by atoms with van der Waals surface area (Å²) in [5, 5.41) is 14.3. The Morgan fingerprint density at radius 3 is 2.88 bits per heavy atom. The van der Waals surface area contributed by atoms with Gasteiger partial charge in [0, 0.05) is 12.6 Å². The van der Waals surface area contributed by atoms with Gasteiger partial charge in [0.1, 0.15) is 5.69 Å². The van der Waals surface area contributed by atoms with Gasteiger partial charge >= 0.3 is 0 Å². The average molecular weight is 275 g/mol. The lowest BCUT2D eigenvalue weighted by Gasteiger charge is -2.13. The fourth-order valence-electron chi connectivity index (χ4n) is 1.46. The number of para-hydroxylation sites is 1. The summed E-state index contributed by atoms with van der Waals surface area (Å²) in [5.74, 6) is 1.44. The number of benzene rings is 1. The standard InChI is InChI=1S/C11H15ClN2O2S/c1-8(7-17-2)6-13-11-9(12)4-3-5-10(11)14(15)16/h3-5,8,13H,6-7H2,1-2H3. The number of nitrogens with one attached hydrogen (secondary N) is 1. The minimum Gasteiger partial charge on any atom is -0.378 e. The first-order valence-electron chi connectivity index (χ1n) is 5.22. The van der Waals surface area contributed by atoms with Crippen LogP contribution in [0.4, 0.5) is 11.4 Å². The van der Waals surface area contributed by atoms with Crippen molar-refractivity contribution in [2.75, 3.05) is 23.9 Å². The lowest BCUT2D eigenvalue weighted by molar-refractivity contribution is -0.383. The van der Waals surface area contributed by atoms with Crippen LogP contribution >= 0.6 is 23.4 Å². The summed E-state index contributed by atoms with van der Waals surface area (Å²) >= 11 is 7.71. The van der Waals surface area contributed by atoms with Crippen LogP contribution in [0.5, 0.6) is 0 Å². The molecule has 0 spiro atoms. The molecule has 1 aromatic carbocycles. The highest BCUT2D eigenvalue weighted by Gasteiger charge is 2.16. The lowest BCUT2D eigenvalue weighted by Crippen LogP contribution is -2.14. The first-order chi connectivity index (χ1) is 8.06. The average Bonchev–Trinajstić information content (AvgIpc) is 2.27. The topological polar surface area (TPSA) is 55.2 Å². The molecule has 0 amide bonds. The molecule has 1 aromatic rings. The van der Waals surface area contributed by atoms with E-state index in [-0.39, 0.29) is 5.69 Å². The van der Waals surface area contributed by atoms with Gasteiger partial charge in [-0.2, -0.15) is 11.8 Å². The number of hydrogen-bond donors (Lipinski definition) is 1. The van der Waals surface area contributed by atoms with E-state index in [1.165, 1.54) is 6.07 Å². The molecule has 0 saturated heterocycles. The van der Waals surface area contributed by atoms with Crippen LogP contribution < -0.4 is 5.32 Å². The maximum absolute atomic E-state index is 10.8. The van der Waals surface area contributed by atoms with Gasteiger partial charge in [0.25, 0.3) is 5.69 Å². The number of anilines is 1.